The maximum Gasteiger partial charge on any atom is 0.240 e. The Morgan fingerprint density at radius 1 is 1.09 bits per heavy atom. The Balaban J connectivity index is 1.71. The molecule has 1 saturated carbocycles. The van der Waals surface area contributed by atoms with Gasteiger partial charge in [-0.3, -0.25) is 14.4 Å². The molecular formula is C18H22N2O3. The molecule has 1 heterocycles. The van der Waals surface area contributed by atoms with E-state index in [2.05, 4.69) is 5.32 Å². The summed E-state index contributed by atoms with van der Waals surface area (Å²) in [5.41, 5.74) is 0.235. The van der Waals surface area contributed by atoms with E-state index in [1.807, 2.05) is 4.90 Å². The fourth-order valence-electron chi connectivity index (χ4n) is 3.13. The lowest BCUT2D eigenvalue weighted by atomic mass is 10.0. The predicted molar refractivity (Wildman–Crippen MR) is 87.2 cm³/mol. The quantitative estimate of drug-likeness (QED) is 0.686. The van der Waals surface area contributed by atoms with Crippen LogP contribution in [0, 0.1) is 5.41 Å². The molecule has 0 spiro atoms. The van der Waals surface area contributed by atoms with Crippen molar-refractivity contribution in [3.8, 4) is 0 Å². The molecule has 1 aromatic carbocycles. The van der Waals surface area contributed by atoms with Gasteiger partial charge in [-0.1, -0.05) is 12.1 Å². The third kappa shape index (κ3) is 3.14. The van der Waals surface area contributed by atoms with Gasteiger partial charge in [-0.2, -0.15) is 0 Å². The van der Waals surface area contributed by atoms with Crippen molar-refractivity contribution in [3.05, 3.63) is 29.8 Å². The van der Waals surface area contributed by atoms with Gasteiger partial charge >= 0.3 is 0 Å². The zero-order chi connectivity index (χ0) is 16.4. The Morgan fingerprint density at radius 3 is 2.39 bits per heavy atom. The number of benzene rings is 1. The average molecular weight is 314 g/mol. The maximum absolute atomic E-state index is 12.7. The number of nitrogens with one attached hydrogen (secondary N) is 1. The number of hydrogen-bond donors (Lipinski definition) is 1. The van der Waals surface area contributed by atoms with Crippen molar-refractivity contribution in [2.24, 2.45) is 5.41 Å². The van der Waals surface area contributed by atoms with E-state index in [1.165, 1.54) is 6.92 Å². The van der Waals surface area contributed by atoms with Gasteiger partial charge in [0.1, 0.15) is 5.41 Å². The molecule has 1 saturated heterocycles. The molecule has 23 heavy (non-hydrogen) atoms. The van der Waals surface area contributed by atoms with Crippen molar-refractivity contribution in [2.75, 3.05) is 18.4 Å². The van der Waals surface area contributed by atoms with Gasteiger partial charge in [0.05, 0.1) is 0 Å². The number of ketones is 1. The van der Waals surface area contributed by atoms with Crippen LogP contribution in [0.25, 0.3) is 0 Å². The van der Waals surface area contributed by atoms with Gasteiger partial charge < -0.3 is 10.2 Å². The first-order chi connectivity index (χ1) is 11.0. The molecule has 0 atom stereocenters. The Bertz CT molecular complexity index is 643. The van der Waals surface area contributed by atoms with Crippen LogP contribution in [0.3, 0.4) is 0 Å². The Hall–Kier alpha value is -2.17. The molecule has 1 aliphatic carbocycles. The summed E-state index contributed by atoms with van der Waals surface area (Å²) in [5, 5.41) is 2.82. The minimum Gasteiger partial charge on any atom is -0.342 e. The molecule has 5 nitrogen and oxygen atoms in total. The summed E-state index contributed by atoms with van der Waals surface area (Å²) in [5.74, 6) is -0.321. The van der Waals surface area contributed by atoms with Gasteiger partial charge in [0.25, 0.3) is 0 Å². The first-order valence-electron chi connectivity index (χ1n) is 8.25. The van der Waals surface area contributed by atoms with E-state index in [0.29, 0.717) is 24.1 Å². The molecule has 0 unspecified atom stereocenters. The largest absolute Gasteiger partial charge is 0.342 e. The number of hydrogen-bond acceptors (Lipinski definition) is 3. The van der Waals surface area contributed by atoms with Crippen LogP contribution in [-0.4, -0.2) is 35.6 Å². The fourth-order valence-corrected chi connectivity index (χ4v) is 3.13. The third-order valence-corrected chi connectivity index (χ3v) is 4.76. The zero-order valence-corrected chi connectivity index (χ0v) is 13.4. The number of amides is 2. The number of rotatable bonds is 4. The number of piperidine rings is 1. The van der Waals surface area contributed by atoms with E-state index in [9.17, 15) is 14.4 Å². The Morgan fingerprint density at radius 2 is 1.78 bits per heavy atom. The van der Waals surface area contributed by atoms with Crippen molar-refractivity contribution in [2.45, 2.75) is 39.0 Å². The van der Waals surface area contributed by atoms with E-state index in [4.69, 9.17) is 0 Å². The molecule has 122 valence electrons. The molecule has 1 N–H and O–H groups in total. The number of anilines is 1. The van der Waals surface area contributed by atoms with Crippen LogP contribution in [0.4, 0.5) is 5.69 Å². The lowest BCUT2D eigenvalue weighted by Crippen LogP contribution is -2.45. The van der Waals surface area contributed by atoms with E-state index in [-0.39, 0.29) is 17.6 Å². The number of carbonyl (C=O) groups excluding carboxylic acids is 3. The highest BCUT2D eigenvalue weighted by atomic mass is 16.2. The van der Waals surface area contributed by atoms with Crippen molar-refractivity contribution in [3.63, 3.8) is 0 Å². The molecule has 2 fully saturated rings. The van der Waals surface area contributed by atoms with Crippen LogP contribution in [0.5, 0.6) is 0 Å². The average Bonchev–Trinajstić information content (AvgIpc) is 3.37. The monoisotopic (exact) mass is 314 g/mol. The van der Waals surface area contributed by atoms with Gasteiger partial charge in [-0.25, -0.2) is 0 Å². The lowest BCUT2D eigenvalue weighted by Gasteiger charge is -2.30. The van der Waals surface area contributed by atoms with E-state index >= 15 is 0 Å². The smallest absolute Gasteiger partial charge is 0.240 e. The highest BCUT2D eigenvalue weighted by Crippen LogP contribution is 2.48. The van der Waals surface area contributed by atoms with Crippen LogP contribution in [-0.2, 0) is 9.59 Å². The standard InChI is InChI=1S/C18H22N2O3/c1-13(21)14-6-5-7-15(12-14)19-16(22)18(8-9-18)17(23)20-10-3-2-4-11-20/h5-7,12H,2-4,8-11H2,1H3,(H,19,22). The molecule has 1 aromatic rings. The second-order valence-electron chi connectivity index (χ2n) is 6.53. The molecule has 5 heteroatoms. The second-order valence-corrected chi connectivity index (χ2v) is 6.53. The molecule has 0 bridgehead atoms. The van der Waals surface area contributed by atoms with E-state index in [1.54, 1.807) is 24.3 Å². The van der Waals surface area contributed by atoms with Crippen LogP contribution < -0.4 is 5.32 Å². The van der Waals surface area contributed by atoms with E-state index < -0.39 is 5.41 Å². The van der Waals surface area contributed by atoms with Gasteiger partial charge in [-0.05, 0) is 51.2 Å². The first kappa shape index (κ1) is 15.7. The minimum absolute atomic E-state index is 0.0302. The summed E-state index contributed by atoms with van der Waals surface area (Å²) in [6, 6.07) is 6.84. The molecule has 2 amide bonds. The van der Waals surface area contributed by atoms with Crippen molar-refractivity contribution < 1.29 is 14.4 Å². The van der Waals surface area contributed by atoms with Gasteiger partial charge in [0, 0.05) is 24.3 Å². The highest BCUT2D eigenvalue weighted by molar-refractivity contribution is 6.13. The Labute approximate surface area is 136 Å². The normalized spacial score (nSPS) is 19.1. The maximum atomic E-state index is 12.7. The molecular weight excluding hydrogens is 292 g/mol. The lowest BCUT2D eigenvalue weighted by molar-refractivity contribution is -0.143. The minimum atomic E-state index is -0.885. The summed E-state index contributed by atoms with van der Waals surface area (Å²) < 4.78 is 0. The van der Waals surface area contributed by atoms with Crippen LogP contribution in [0.15, 0.2) is 24.3 Å². The third-order valence-electron chi connectivity index (χ3n) is 4.76. The van der Waals surface area contributed by atoms with Crippen molar-refractivity contribution in [1.29, 1.82) is 0 Å². The summed E-state index contributed by atoms with van der Waals surface area (Å²) in [6.45, 7) is 3.00. The first-order valence-corrected chi connectivity index (χ1v) is 8.25. The Kier molecular flexibility index (Phi) is 4.20. The van der Waals surface area contributed by atoms with Crippen LogP contribution >= 0.6 is 0 Å². The van der Waals surface area contributed by atoms with Crippen molar-refractivity contribution >= 4 is 23.3 Å². The SMILES string of the molecule is CC(=O)c1cccc(NC(=O)C2(C(=O)N3CCCCC3)CC2)c1. The summed E-state index contributed by atoms with van der Waals surface area (Å²) in [4.78, 5) is 38.6. The summed E-state index contributed by atoms with van der Waals surface area (Å²) >= 11 is 0. The highest BCUT2D eigenvalue weighted by Gasteiger charge is 2.58. The topological polar surface area (TPSA) is 66.5 Å². The molecule has 0 aromatic heterocycles. The van der Waals surface area contributed by atoms with Crippen LogP contribution in [0.1, 0.15) is 49.4 Å². The molecule has 2 aliphatic rings. The number of carbonyl (C=O) groups is 3. The van der Waals surface area contributed by atoms with Gasteiger partial charge in [-0.15, -0.1) is 0 Å². The second kappa shape index (κ2) is 6.14. The number of nitrogens with zero attached hydrogens (tertiary/aromatic N) is 1. The van der Waals surface area contributed by atoms with Gasteiger partial charge in [0.15, 0.2) is 5.78 Å². The zero-order valence-electron chi connectivity index (χ0n) is 13.4. The van der Waals surface area contributed by atoms with Crippen LogP contribution in [0.2, 0.25) is 0 Å². The molecule has 3 rings (SSSR count). The number of Topliss-reactive ketones (excluding diaryl/α,β-unsaturated/α-hetero) is 1. The molecule has 0 radical (unpaired) electrons. The van der Waals surface area contributed by atoms with Gasteiger partial charge in [0.2, 0.25) is 11.8 Å². The fraction of sp³-hybridized carbons (Fsp3) is 0.500. The summed E-state index contributed by atoms with van der Waals surface area (Å²) in [7, 11) is 0. The number of likely N-dealkylation sites (tertiary alicyclic amines) is 1. The molecule has 1 aliphatic heterocycles. The summed E-state index contributed by atoms with van der Waals surface area (Å²) in [6.07, 6.45) is 4.41. The van der Waals surface area contributed by atoms with Crippen molar-refractivity contribution in [1.82, 2.24) is 4.90 Å². The predicted octanol–water partition coefficient (Wildman–Crippen LogP) is 2.62. The van der Waals surface area contributed by atoms with E-state index in [0.717, 1.165) is 32.4 Å².